The van der Waals surface area contributed by atoms with E-state index < -0.39 is 0 Å². The van der Waals surface area contributed by atoms with Gasteiger partial charge in [0.1, 0.15) is 5.76 Å². The van der Waals surface area contributed by atoms with E-state index in [0.29, 0.717) is 13.1 Å². The van der Waals surface area contributed by atoms with E-state index in [4.69, 9.17) is 4.42 Å². The highest BCUT2D eigenvalue weighted by Crippen LogP contribution is 2.58. The first kappa shape index (κ1) is 14.9. The van der Waals surface area contributed by atoms with Crippen molar-refractivity contribution in [3.8, 4) is 0 Å². The molecule has 1 saturated heterocycles. The highest BCUT2D eigenvalue weighted by molar-refractivity contribution is 5.83. The summed E-state index contributed by atoms with van der Waals surface area (Å²) >= 11 is 0. The zero-order valence-electron chi connectivity index (χ0n) is 13.1. The largest absolute Gasteiger partial charge is 0.467 e. The summed E-state index contributed by atoms with van der Waals surface area (Å²) in [5.41, 5.74) is 0.00155. The molecule has 0 radical (unpaired) electrons. The van der Waals surface area contributed by atoms with Gasteiger partial charge in [0.05, 0.1) is 12.8 Å². The number of hydrogen-bond donors (Lipinski definition) is 2. The molecule has 120 valence electrons. The summed E-state index contributed by atoms with van der Waals surface area (Å²) < 4.78 is 5.21. The van der Waals surface area contributed by atoms with Crippen LogP contribution in [-0.4, -0.2) is 36.0 Å². The number of likely N-dealkylation sites (tertiary alicyclic amines) is 1. The van der Waals surface area contributed by atoms with E-state index in [-0.39, 0.29) is 29.3 Å². The molecule has 2 N–H and O–H groups in total. The number of hydrogen-bond acceptors (Lipinski definition) is 3. The van der Waals surface area contributed by atoms with Crippen LogP contribution in [0.15, 0.2) is 22.8 Å². The van der Waals surface area contributed by atoms with Gasteiger partial charge in [-0.2, -0.15) is 0 Å². The Bertz CT molecular complexity index is 555. The second-order valence-electron chi connectivity index (χ2n) is 6.69. The van der Waals surface area contributed by atoms with Crippen molar-refractivity contribution < 1.29 is 14.0 Å². The first-order valence-corrected chi connectivity index (χ1v) is 7.86. The van der Waals surface area contributed by atoms with Crippen LogP contribution in [0, 0.1) is 11.3 Å². The van der Waals surface area contributed by atoms with Gasteiger partial charge in [-0.1, -0.05) is 0 Å². The molecule has 3 rings (SSSR count). The smallest absolute Gasteiger partial charge is 0.317 e. The molecule has 2 fully saturated rings. The van der Waals surface area contributed by atoms with Gasteiger partial charge in [-0.25, -0.2) is 4.79 Å². The van der Waals surface area contributed by atoms with Crippen molar-refractivity contribution in [2.45, 2.75) is 39.3 Å². The molecule has 1 aromatic heterocycles. The fourth-order valence-corrected chi connectivity index (χ4v) is 3.29. The van der Waals surface area contributed by atoms with E-state index in [1.54, 1.807) is 6.26 Å². The number of carbonyl (C=O) groups excluding carboxylic acids is 2. The van der Waals surface area contributed by atoms with Gasteiger partial charge in [0, 0.05) is 30.5 Å². The fraction of sp³-hybridized carbons (Fsp3) is 0.625. The normalized spacial score (nSPS) is 26.5. The van der Waals surface area contributed by atoms with Crippen molar-refractivity contribution in [1.29, 1.82) is 0 Å². The topological polar surface area (TPSA) is 74.6 Å². The number of carbonyl (C=O) groups is 2. The zero-order chi connectivity index (χ0) is 15.7. The lowest BCUT2D eigenvalue weighted by molar-refractivity contribution is -0.123. The molecule has 0 bridgehead atoms. The van der Waals surface area contributed by atoms with Gasteiger partial charge < -0.3 is 20.0 Å². The van der Waals surface area contributed by atoms with Crippen LogP contribution in [0.2, 0.25) is 0 Å². The summed E-state index contributed by atoms with van der Waals surface area (Å²) in [5.74, 6) is 0.856. The van der Waals surface area contributed by atoms with Crippen molar-refractivity contribution in [1.82, 2.24) is 15.5 Å². The molecule has 3 amide bonds. The quantitative estimate of drug-likeness (QED) is 0.889. The molecule has 1 aromatic rings. The molecule has 1 aliphatic heterocycles. The summed E-state index contributed by atoms with van der Waals surface area (Å²) in [4.78, 5) is 26.1. The van der Waals surface area contributed by atoms with Crippen LogP contribution in [-0.2, 0) is 11.3 Å². The van der Waals surface area contributed by atoms with Gasteiger partial charge in [0.2, 0.25) is 5.91 Å². The van der Waals surface area contributed by atoms with Crippen LogP contribution < -0.4 is 10.6 Å². The van der Waals surface area contributed by atoms with Crippen molar-refractivity contribution in [2.24, 2.45) is 11.3 Å². The molecule has 1 saturated carbocycles. The first-order valence-electron chi connectivity index (χ1n) is 7.86. The molecule has 0 unspecified atom stereocenters. The van der Waals surface area contributed by atoms with Crippen LogP contribution in [0.4, 0.5) is 4.79 Å². The minimum atomic E-state index is -0.0199. The second-order valence-corrected chi connectivity index (χ2v) is 6.69. The lowest BCUT2D eigenvalue weighted by Gasteiger charge is -2.19. The summed E-state index contributed by atoms with van der Waals surface area (Å²) in [6, 6.07) is 3.77. The average Bonchev–Trinajstić information content (AvgIpc) is 2.81. The number of nitrogens with one attached hydrogen (secondary N) is 2. The maximum absolute atomic E-state index is 12.2. The van der Waals surface area contributed by atoms with Crippen LogP contribution >= 0.6 is 0 Å². The lowest BCUT2D eigenvalue weighted by Crippen LogP contribution is -2.42. The minimum absolute atomic E-state index is 0.00155. The molecule has 2 heterocycles. The van der Waals surface area contributed by atoms with Crippen molar-refractivity contribution in [3.63, 3.8) is 0 Å². The van der Waals surface area contributed by atoms with Gasteiger partial charge in [-0.15, -0.1) is 0 Å². The number of nitrogens with zero attached hydrogens (tertiary/aromatic N) is 1. The molecular weight excluding hydrogens is 282 g/mol. The SMILES string of the molecule is CC(C)NC(=O)N1CC[C@]2(C[C@@H]2C(=O)NCc2ccco2)C1. The average molecular weight is 305 g/mol. The number of rotatable bonds is 4. The van der Waals surface area contributed by atoms with E-state index >= 15 is 0 Å². The molecule has 6 nitrogen and oxygen atoms in total. The van der Waals surface area contributed by atoms with Crippen LogP contribution in [0.25, 0.3) is 0 Å². The lowest BCUT2D eigenvalue weighted by atomic mass is 10.0. The third kappa shape index (κ3) is 2.96. The zero-order valence-corrected chi connectivity index (χ0v) is 13.1. The van der Waals surface area contributed by atoms with Gasteiger partial charge in [-0.05, 0) is 38.8 Å². The second kappa shape index (κ2) is 5.66. The Balaban J connectivity index is 1.49. The molecular formula is C16H23N3O3. The first-order chi connectivity index (χ1) is 10.5. The van der Waals surface area contributed by atoms with E-state index in [1.807, 2.05) is 30.9 Å². The van der Waals surface area contributed by atoms with Gasteiger partial charge in [0.25, 0.3) is 0 Å². The van der Waals surface area contributed by atoms with Crippen molar-refractivity contribution in [2.75, 3.05) is 13.1 Å². The van der Waals surface area contributed by atoms with E-state index in [2.05, 4.69) is 10.6 Å². The molecule has 6 heteroatoms. The third-order valence-corrected chi connectivity index (χ3v) is 4.61. The van der Waals surface area contributed by atoms with Crippen molar-refractivity contribution >= 4 is 11.9 Å². The summed E-state index contributed by atoms with van der Waals surface area (Å²) in [6.45, 7) is 5.75. The fourth-order valence-electron chi connectivity index (χ4n) is 3.29. The molecule has 1 aliphatic carbocycles. The Labute approximate surface area is 130 Å². The van der Waals surface area contributed by atoms with Gasteiger partial charge in [0.15, 0.2) is 0 Å². The molecule has 2 atom stereocenters. The molecule has 2 aliphatic rings. The van der Waals surface area contributed by atoms with Gasteiger partial charge >= 0.3 is 6.03 Å². The maximum Gasteiger partial charge on any atom is 0.317 e. The van der Waals surface area contributed by atoms with E-state index in [0.717, 1.165) is 25.1 Å². The highest BCUT2D eigenvalue weighted by atomic mass is 16.3. The van der Waals surface area contributed by atoms with Crippen LogP contribution in [0.5, 0.6) is 0 Å². The Morgan fingerprint density at radius 3 is 3.00 bits per heavy atom. The van der Waals surface area contributed by atoms with Crippen LogP contribution in [0.3, 0.4) is 0 Å². The third-order valence-electron chi connectivity index (χ3n) is 4.61. The molecule has 1 spiro atoms. The van der Waals surface area contributed by atoms with Crippen molar-refractivity contribution in [3.05, 3.63) is 24.2 Å². The Kier molecular flexibility index (Phi) is 3.85. The molecule has 0 aromatic carbocycles. The molecule has 22 heavy (non-hydrogen) atoms. The number of amides is 3. The predicted molar refractivity (Wildman–Crippen MR) is 81.0 cm³/mol. The standard InChI is InChI=1S/C16H23N3O3/c1-11(2)18-15(21)19-6-5-16(10-19)8-13(16)14(20)17-9-12-4-3-7-22-12/h3-4,7,11,13H,5-6,8-10H2,1-2H3,(H,17,20)(H,18,21)/t13-,16+/m1/s1. The maximum atomic E-state index is 12.2. The van der Waals surface area contributed by atoms with E-state index in [1.165, 1.54) is 0 Å². The Morgan fingerprint density at radius 2 is 2.32 bits per heavy atom. The predicted octanol–water partition coefficient (Wildman–Crippen LogP) is 1.73. The summed E-state index contributed by atoms with van der Waals surface area (Å²) in [7, 11) is 0. The summed E-state index contributed by atoms with van der Waals surface area (Å²) in [5, 5.41) is 5.83. The van der Waals surface area contributed by atoms with E-state index in [9.17, 15) is 9.59 Å². The van der Waals surface area contributed by atoms with Crippen LogP contribution in [0.1, 0.15) is 32.4 Å². The number of urea groups is 1. The summed E-state index contributed by atoms with van der Waals surface area (Å²) in [6.07, 6.45) is 3.39. The van der Waals surface area contributed by atoms with Gasteiger partial charge in [-0.3, -0.25) is 4.79 Å². The Morgan fingerprint density at radius 1 is 1.50 bits per heavy atom. The monoisotopic (exact) mass is 305 g/mol. The minimum Gasteiger partial charge on any atom is -0.467 e. The number of furan rings is 1. The highest BCUT2D eigenvalue weighted by Gasteiger charge is 2.61. The Hall–Kier alpha value is -1.98.